The maximum atomic E-state index is 9.24. The quantitative estimate of drug-likeness (QED) is 0.674. The first kappa shape index (κ1) is 10.5. The highest BCUT2D eigenvalue weighted by molar-refractivity contribution is 4.72. The van der Waals surface area contributed by atoms with Crippen LogP contribution < -0.4 is 0 Å². The van der Waals surface area contributed by atoms with Crippen LogP contribution in [0.15, 0.2) is 0 Å². The van der Waals surface area contributed by atoms with Gasteiger partial charge in [0.25, 0.3) is 0 Å². The molecule has 0 bridgehead atoms. The minimum atomic E-state index is -0.112. The summed E-state index contributed by atoms with van der Waals surface area (Å²) in [5.74, 6) is 0. The normalized spacial score (nSPS) is 28.3. The van der Waals surface area contributed by atoms with Crippen molar-refractivity contribution in [3.63, 3.8) is 0 Å². The lowest BCUT2D eigenvalue weighted by Gasteiger charge is -2.25. The fourth-order valence-corrected chi connectivity index (χ4v) is 1.61. The second-order valence-corrected chi connectivity index (χ2v) is 3.56. The Bertz CT molecular complexity index is 168. The summed E-state index contributed by atoms with van der Waals surface area (Å²) in [6.45, 7) is 0.689. The van der Waals surface area contributed by atoms with Crippen molar-refractivity contribution in [3.8, 4) is 6.07 Å². The van der Waals surface area contributed by atoms with E-state index in [0.717, 1.165) is 32.1 Å². The van der Waals surface area contributed by atoms with Crippen molar-refractivity contribution in [2.24, 2.45) is 0 Å². The molecule has 13 heavy (non-hydrogen) atoms. The number of ether oxygens (including phenoxy) is 1. The highest BCUT2D eigenvalue weighted by atomic mass is 16.5. The topological polar surface area (TPSA) is 53.2 Å². The van der Waals surface area contributed by atoms with Crippen molar-refractivity contribution in [2.75, 3.05) is 6.61 Å². The van der Waals surface area contributed by atoms with Gasteiger partial charge in [-0.15, -0.1) is 0 Å². The van der Waals surface area contributed by atoms with Crippen LogP contribution in [0.3, 0.4) is 0 Å². The fourth-order valence-electron chi connectivity index (χ4n) is 1.61. The van der Waals surface area contributed by atoms with Crippen LogP contribution in [0.5, 0.6) is 0 Å². The average molecular weight is 183 g/mol. The van der Waals surface area contributed by atoms with Gasteiger partial charge in [-0.2, -0.15) is 5.26 Å². The van der Waals surface area contributed by atoms with Gasteiger partial charge >= 0.3 is 0 Å². The third kappa shape index (κ3) is 4.25. The standard InChI is InChI=1S/C10H17NO2/c11-7-1-2-8-13-10-5-3-9(12)4-6-10/h9-10,12H,1-6,8H2. The largest absolute Gasteiger partial charge is 0.393 e. The highest BCUT2D eigenvalue weighted by Gasteiger charge is 2.19. The average Bonchev–Trinajstić information content (AvgIpc) is 2.15. The lowest BCUT2D eigenvalue weighted by molar-refractivity contribution is -0.00357. The third-order valence-corrected chi connectivity index (χ3v) is 2.43. The maximum absolute atomic E-state index is 9.24. The molecule has 1 rings (SSSR count). The van der Waals surface area contributed by atoms with E-state index in [0.29, 0.717) is 19.1 Å². The van der Waals surface area contributed by atoms with E-state index in [1.165, 1.54) is 0 Å². The summed E-state index contributed by atoms with van der Waals surface area (Å²) in [6, 6.07) is 2.09. The Morgan fingerprint density at radius 1 is 1.31 bits per heavy atom. The molecule has 0 saturated heterocycles. The molecule has 0 heterocycles. The molecule has 1 aliphatic rings. The molecule has 0 amide bonds. The van der Waals surface area contributed by atoms with Gasteiger partial charge in [0.15, 0.2) is 0 Å². The van der Waals surface area contributed by atoms with Gasteiger partial charge < -0.3 is 9.84 Å². The van der Waals surface area contributed by atoms with Gasteiger partial charge in [0.1, 0.15) is 0 Å². The summed E-state index contributed by atoms with van der Waals surface area (Å²) in [5.41, 5.74) is 0. The Kier molecular flexibility index (Phi) is 4.81. The molecule has 3 heteroatoms. The molecule has 0 aromatic carbocycles. The van der Waals surface area contributed by atoms with Crippen LogP contribution in [-0.2, 0) is 4.74 Å². The molecule has 1 N–H and O–H groups in total. The van der Waals surface area contributed by atoms with Gasteiger partial charge in [-0.1, -0.05) is 0 Å². The lowest BCUT2D eigenvalue weighted by atomic mass is 9.95. The van der Waals surface area contributed by atoms with Crippen LogP contribution in [0.25, 0.3) is 0 Å². The molecule has 0 spiro atoms. The summed E-state index contributed by atoms with van der Waals surface area (Å²) < 4.78 is 5.57. The second kappa shape index (κ2) is 5.95. The number of hydrogen-bond donors (Lipinski definition) is 1. The van der Waals surface area contributed by atoms with Crippen molar-refractivity contribution >= 4 is 0 Å². The Labute approximate surface area is 79.3 Å². The molecule has 74 valence electrons. The van der Waals surface area contributed by atoms with Crippen molar-refractivity contribution in [3.05, 3.63) is 0 Å². The molecule has 0 radical (unpaired) electrons. The van der Waals surface area contributed by atoms with E-state index in [9.17, 15) is 5.11 Å². The molecule has 1 saturated carbocycles. The van der Waals surface area contributed by atoms with E-state index < -0.39 is 0 Å². The van der Waals surface area contributed by atoms with Gasteiger partial charge in [-0.3, -0.25) is 0 Å². The molecule has 1 aliphatic carbocycles. The number of hydrogen-bond acceptors (Lipinski definition) is 3. The maximum Gasteiger partial charge on any atom is 0.0622 e. The monoisotopic (exact) mass is 183 g/mol. The number of nitriles is 1. The Balaban J connectivity index is 2.00. The summed E-state index contributed by atoms with van der Waals surface area (Å²) in [4.78, 5) is 0. The predicted molar refractivity (Wildman–Crippen MR) is 49.1 cm³/mol. The summed E-state index contributed by atoms with van der Waals surface area (Å²) in [6.07, 6.45) is 5.28. The number of aliphatic hydroxyl groups is 1. The number of rotatable bonds is 4. The van der Waals surface area contributed by atoms with Crippen LogP contribution in [0, 0.1) is 11.3 Å². The summed E-state index contributed by atoms with van der Waals surface area (Å²) in [7, 11) is 0. The van der Waals surface area contributed by atoms with E-state index in [-0.39, 0.29) is 6.10 Å². The first-order valence-electron chi connectivity index (χ1n) is 4.99. The minimum Gasteiger partial charge on any atom is -0.393 e. The summed E-state index contributed by atoms with van der Waals surface area (Å²) >= 11 is 0. The van der Waals surface area contributed by atoms with Crippen molar-refractivity contribution in [1.82, 2.24) is 0 Å². The van der Waals surface area contributed by atoms with Crippen LogP contribution in [0.1, 0.15) is 38.5 Å². The van der Waals surface area contributed by atoms with Gasteiger partial charge in [0.05, 0.1) is 18.3 Å². The van der Waals surface area contributed by atoms with E-state index in [2.05, 4.69) is 6.07 Å². The fraction of sp³-hybridized carbons (Fsp3) is 0.900. The first-order valence-corrected chi connectivity index (χ1v) is 4.99. The molecular formula is C10H17NO2. The van der Waals surface area contributed by atoms with Crippen LogP contribution in [0.4, 0.5) is 0 Å². The third-order valence-electron chi connectivity index (χ3n) is 2.43. The SMILES string of the molecule is N#CCCCOC1CCC(O)CC1. The van der Waals surface area contributed by atoms with Gasteiger partial charge in [0.2, 0.25) is 0 Å². The molecule has 0 aromatic rings. The summed E-state index contributed by atoms with van der Waals surface area (Å²) in [5, 5.41) is 17.5. The van der Waals surface area contributed by atoms with Gasteiger partial charge in [0, 0.05) is 13.0 Å². The smallest absolute Gasteiger partial charge is 0.0622 e. The zero-order valence-corrected chi connectivity index (χ0v) is 7.91. The first-order chi connectivity index (χ1) is 6.33. The van der Waals surface area contributed by atoms with E-state index >= 15 is 0 Å². The number of unbranched alkanes of at least 4 members (excludes halogenated alkanes) is 1. The Morgan fingerprint density at radius 3 is 2.62 bits per heavy atom. The minimum absolute atomic E-state index is 0.112. The van der Waals surface area contributed by atoms with Gasteiger partial charge in [-0.25, -0.2) is 0 Å². The van der Waals surface area contributed by atoms with Crippen LogP contribution in [-0.4, -0.2) is 23.9 Å². The molecule has 0 unspecified atom stereocenters. The molecular weight excluding hydrogens is 166 g/mol. The zero-order valence-electron chi connectivity index (χ0n) is 7.91. The van der Waals surface area contributed by atoms with E-state index in [4.69, 9.17) is 10.00 Å². The van der Waals surface area contributed by atoms with Crippen molar-refractivity contribution in [2.45, 2.75) is 50.7 Å². The van der Waals surface area contributed by atoms with Gasteiger partial charge in [-0.05, 0) is 32.1 Å². The van der Waals surface area contributed by atoms with E-state index in [1.54, 1.807) is 0 Å². The predicted octanol–water partition coefficient (Wildman–Crippen LogP) is 1.61. The van der Waals surface area contributed by atoms with Crippen LogP contribution in [0.2, 0.25) is 0 Å². The molecule has 1 fully saturated rings. The molecule has 0 aromatic heterocycles. The highest BCUT2D eigenvalue weighted by Crippen LogP contribution is 2.20. The Morgan fingerprint density at radius 2 is 2.00 bits per heavy atom. The number of aliphatic hydroxyl groups excluding tert-OH is 1. The Hall–Kier alpha value is -0.590. The zero-order chi connectivity index (χ0) is 9.52. The van der Waals surface area contributed by atoms with Crippen LogP contribution >= 0.6 is 0 Å². The molecule has 0 atom stereocenters. The second-order valence-electron chi connectivity index (χ2n) is 3.56. The lowest BCUT2D eigenvalue weighted by Crippen LogP contribution is -2.24. The van der Waals surface area contributed by atoms with Crippen molar-refractivity contribution < 1.29 is 9.84 Å². The van der Waals surface area contributed by atoms with Crippen molar-refractivity contribution in [1.29, 1.82) is 5.26 Å². The molecule has 0 aliphatic heterocycles. The molecule has 3 nitrogen and oxygen atoms in total. The van der Waals surface area contributed by atoms with E-state index in [1.807, 2.05) is 0 Å². The number of nitrogens with zero attached hydrogens (tertiary/aromatic N) is 1.